The average Bonchev–Trinajstić information content (AvgIpc) is 3.11. The lowest BCUT2D eigenvalue weighted by Gasteiger charge is -2.07. The Bertz CT molecular complexity index is 1300. The minimum atomic E-state index is -3.71. The molecule has 152 valence electrons. The largest absolute Gasteiger partial charge is 0.323 e. The summed E-state index contributed by atoms with van der Waals surface area (Å²) in [6.07, 6.45) is 0. The van der Waals surface area contributed by atoms with Crippen LogP contribution in [-0.2, 0) is 10.0 Å². The number of nitrogens with zero attached hydrogens (tertiary/aromatic N) is 1. The number of thiazole rings is 1. The minimum Gasteiger partial charge on any atom is -0.308 e. The van der Waals surface area contributed by atoms with Crippen molar-refractivity contribution in [2.24, 2.45) is 0 Å². The number of benzene rings is 3. The average molecular weight is 439 g/mol. The SMILES string of the molecule is Cc1ccc(NC(=O)Nc2ccc3nc(NS(=O)(=O)c4ccccc4)sc3c2)cc1. The Morgan fingerprint density at radius 2 is 1.57 bits per heavy atom. The lowest BCUT2D eigenvalue weighted by atomic mass is 10.2. The van der Waals surface area contributed by atoms with E-state index >= 15 is 0 Å². The van der Waals surface area contributed by atoms with Gasteiger partial charge in [0.2, 0.25) is 0 Å². The van der Waals surface area contributed by atoms with E-state index in [0.717, 1.165) is 10.3 Å². The molecule has 0 atom stereocenters. The molecular formula is C21H18N4O3S2. The zero-order chi connectivity index (χ0) is 21.1. The fourth-order valence-electron chi connectivity index (χ4n) is 2.75. The van der Waals surface area contributed by atoms with Crippen molar-refractivity contribution in [3.8, 4) is 0 Å². The third kappa shape index (κ3) is 4.58. The van der Waals surface area contributed by atoms with Gasteiger partial charge in [-0.2, -0.15) is 0 Å². The summed E-state index contributed by atoms with van der Waals surface area (Å²) in [5.74, 6) is 0. The molecule has 0 aliphatic carbocycles. The third-order valence-electron chi connectivity index (χ3n) is 4.23. The van der Waals surface area contributed by atoms with Crippen molar-refractivity contribution in [1.29, 1.82) is 0 Å². The van der Waals surface area contributed by atoms with Crippen LogP contribution >= 0.6 is 11.3 Å². The number of amides is 2. The first-order chi connectivity index (χ1) is 14.4. The van der Waals surface area contributed by atoms with Gasteiger partial charge in [0.05, 0.1) is 15.1 Å². The quantitative estimate of drug-likeness (QED) is 0.406. The fraction of sp³-hybridized carbons (Fsp3) is 0.0476. The van der Waals surface area contributed by atoms with Gasteiger partial charge in [0.15, 0.2) is 5.13 Å². The molecule has 0 unspecified atom stereocenters. The molecule has 0 saturated heterocycles. The third-order valence-corrected chi connectivity index (χ3v) is 6.65. The van der Waals surface area contributed by atoms with Crippen molar-refractivity contribution in [2.75, 3.05) is 15.4 Å². The van der Waals surface area contributed by atoms with Crippen LogP contribution in [0.5, 0.6) is 0 Å². The molecule has 3 N–H and O–H groups in total. The van der Waals surface area contributed by atoms with E-state index in [-0.39, 0.29) is 16.1 Å². The lowest BCUT2D eigenvalue weighted by Crippen LogP contribution is -2.19. The highest BCUT2D eigenvalue weighted by Crippen LogP contribution is 2.30. The van der Waals surface area contributed by atoms with Crippen molar-refractivity contribution < 1.29 is 13.2 Å². The van der Waals surface area contributed by atoms with Crippen molar-refractivity contribution in [3.05, 3.63) is 78.4 Å². The number of carbonyl (C=O) groups is 1. The topological polar surface area (TPSA) is 100 Å². The second-order valence-electron chi connectivity index (χ2n) is 6.57. The van der Waals surface area contributed by atoms with Crippen LogP contribution in [0.3, 0.4) is 0 Å². The number of urea groups is 1. The van der Waals surface area contributed by atoms with Crippen LogP contribution in [0.25, 0.3) is 10.2 Å². The van der Waals surface area contributed by atoms with Gasteiger partial charge in [0.1, 0.15) is 0 Å². The Balaban J connectivity index is 1.48. The number of sulfonamides is 1. The van der Waals surface area contributed by atoms with E-state index in [1.165, 1.54) is 23.5 Å². The number of fused-ring (bicyclic) bond motifs is 1. The van der Waals surface area contributed by atoms with Crippen LogP contribution in [0.4, 0.5) is 21.3 Å². The Labute approximate surface area is 177 Å². The molecule has 4 aromatic rings. The highest BCUT2D eigenvalue weighted by atomic mass is 32.2. The maximum Gasteiger partial charge on any atom is 0.323 e. The summed E-state index contributed by atoms with van der Waals surface area (Å²) in [7, 11) is -3.71. The van der Waals surface area contributed by atoms with E-state index in [1.54, 1.807) is 36.4 Å². The second-order valence-corrected chi connectivity index (χ2v) is 9.28. The maximum atomic E-state index is 12.5. The van der Waals surface area contributed by atoms with Gasteiger partial charge in [-0.05, 0) is 49.4 Å². The monoisotopic (exact) mass is 438 g/mol. The zero-order valence-electron chi connectivity index (χ0n) is 15.9. The Hall–Kier alpha value is -3.43. The Morgan fingerprint density at radius 1 is 0.900 bits per heavy atom. The molecule has 1 aromatic heterocycles. The first-order valence-electron chi connectivity index (χ1n) is 9.02. The van der Waals surface area contributed by atoms with Crippen LogP contribution in [0, 0.1) is 6.92 Å². The Morgan fingerprint density at radius 3 is 2.30 bits per heavy atom. The van der Waals surface area contributed by atoms with Crippen LogP contribution in [-0.4, -0.2) is 19.4 Å². The zero-order valence-corrected chi connectivity index (χ0v) is 17.5. The molecule has 7 nitrogen and oxygen atoms in total. The molecule has 9 heteroatoms. The molecule has 0 radical (unpaired) electrons. The van der Waals surface area contributed by atoms with Crippen molar-refractivity contribution in [3.63, 3.8) is 0 Å². The molecule has 30 heavy (non-hydrogen) atoms. The van der Waals surface area contributed by atoms with Crippen molar-refractivity contribution in [1.82, 2.24) is 4.98 Å². The van der Waals surface area contributed by atoms with Gasteiger partial charge in [-0.3, -0.25) is 4.72 Å². The number of carbonyl (C=O) groups excluding carboxylic acids is 1. The Kier molecular flexibility index (Phi) is 5.39. The van der Waals surface area contributed by atoms with E-state index in [0.29, 0.717) is 16.9 Å². The number of hydrogen-bond donors (Lipinski definition) is 3. The van der Waals surface area contributed by atoms with Crippen LogP contribution < -0.4 is 15.4 Å². The summed E-state index contributed by atoms with van der Waals surface area (Å²) >= 11 is 1.19. The summed E-state index contributed by atoms with van der Waals surface area (Å²) in [5.41, 5.74) is 3.01. The van der Waals surface area contributed by atoms with Gasteiger partial charge >= 0.3 is 6.03 Å². The summed E-state index contributed by atoms with van der Waals surface area (Å²) in [6, 6.07) is 20.4. The molecule has 1 heterocycles. The number of anilines is 3. The number of aromatic nitrogens is 1. The van der Waals surface area contributed by atoms with Gasteiger partial charge in [0.25, 0.3) is 10.0 Å². The van der Waals surface area contributed by atoms with E-state index < -0.39 is 10.0 Å². The minimum absolute atomic E-state index is 0.166. The van der Waals surface area contributed by atoms with Gasteiger partial charge in [0, 0.05) is 11.4 Å². The molecule has 0 bridgehead atoms. The van der Waals surface area contributed by atoms with Crippen LogP contribution in [0.2, 0.25) is 0 Å². The van der Waals surface area contributed by atoms with Crippen molar-refractivity contribution in [2.45, 2.75) is 11.8 Å². The number of nitrogens with one attached hydrogen (secondary N) is 3. The highest BCUT2D eigenvalue weighted by molar-refractivity contribution is 7.93. The summed E-state index contributed by atoms with van der Waals surface area (Å²) < 4.78 is 28.2. The van der Waals surface area contributed by atoms with E-state index in [4.69, 9.17) is 0 Å². The number of rotatable bonds is 5. The molecule has 0 spiro atoms. The van der Waals surface area contributed by atoms with Gasteiger partial charge in [-0.25, -0.2) is 18.2 Å². The van der Waals surface area contributed by atoms with Gasteiger partial charge in [-0.15, -0.1) is 0 Å². The summed E-state index contributed by atoms with van der Waals surface area (Å²) in [6.45, 7) is 1.97. The molecule has 0 saturated carbocycles. The smallest absolute Gasteiger partial charge is 0.308 e. The van der Waals surface area contributed by atoms with Crippen LogP contribution in [0.15, 0.2) is 77.7 Å². The molecule has 4 rings (SSSR count). The molecule has 3 aromatic carbocycles. The summed E-state index contributed by atoms with van der Waals surface area (Å²) in [4.78, 5) is 16.7. The summed E-state index contributed by atoms with van der Waals surface area (Å²) in [5, 5.41) is 5.80. The standard InChI is InChI=1S/C21H18N4O3S2/c1-14-7-9-15(10-8-14)22-20(26)23-16-11-12-18-19(13-16)29-21(24-18)25-30(27,28)17-5-3-2-4-6-17/h2-13H,1H3,(H,24,25)(H2,22,23,26). The lowest BCUT2D eigenvalue weighted by molar-refractivity contribution is 0.262. The van der Waals surface area contributed by atoms with Crippen LogP contribution in [0.1, 0.15) is 5.56 Å². The first kappa shape index (κ1) is 19.9. The van der Waals surface area contributed by atoms with E-state index in [2.05, 4.69) is 20.3 Å². The molecule has 0 aliphatic heterocycles. The van der Waals surface area contributed by atoms with Gasteiger partial charge < -0.3 is 10.6 Å². The number of aryl methyl sites for hydroxylation is 1. The van der Waals surface area contributed by atoms with E-state index in [9.17, 15) is 13.2 Å². The molecule has 2 amide bonds. The normalized spacial score (nSPS) is 11.2. The first-order valence-corrected chi connectivity index (χ1v) is 11.3. The molecule has 0 fully saturated rings. The van der Waals surface area contributed by atoms with E-state index in [1.807, 2.05) is 31.2 Å². The molecular weight excluding hydrogens is 420 g/mol. The fourth-order valence-corrected chi connectivity index (χ4v) is 4.91. The second kappa shape index (κ2) is 8.13. The maximum absolute atomic E-state index is 12.5. The predicted molar refractivity (Wildman–Crippen MR) is 121 cm³/mol. The highest BCUT2D eigenvalue weighted by Gasteiger charge is 2.16. The van der Waals surface area contributed by atoms with Gasteiger partial charge in [-0.1, -0.05) is 47.2 Å². The predicted octanol–water partition coefficient (Wildman–Crippen LogP) is 5.05. The molecule has 0 aliphatic rings. The number of hydrogen-bond acceptors (Lipinski definition) is 5. The van der Waals surface area contributed by atoms with Crippen molar-refractivity contribution >= 4 is 54.1 Å².